The molecule has 4 aromatic rings. The van der Waals surface area contributed by atoms with Crippen LogP contribution in [-0.4, -0.2) is 31.8 Å². The van der Waals surface area contributed by atoms with Gasteiger partial charge in [0.25, 0.3) is 0 Å². The van der Waals surface area contributed by atoms with Crippen LogP contribution in [0.2, 0.25) is 20.6 Å². The first-order chi connectivity index (χ1) is 16.3. The van der Waals surface area contributed by atoms with E-state index >= 15 is 0 Å². The van der Waals surface area contributed by atoms with Gasteiger partial charge in [-0.3, -0.25) is 9.59 Å². The minimum absolute atomic E-state index is 0.129. The Bertz CT molecular complexity index is 1230. The number of nitrogens with zero attached hydrogens (tertiary/aromatic N) is 4. The van der Waals surface area contributed by atoms with Crippen molar-refractivity contribution >= 4 is 69.6 Å². The van der Waals surface area contributed by atoms with Crippen molar-refractivity contribution in [1.29, 1.82) is 0 Å². The molecule has 2 aromatic heterocycles. The molecule has 0 aliphatic carbocycles. The average Bonchev–Trinajstić information content (AvgIpc) is 2.84. The van der Waals surface area contributed by atoms with Crippen molar-refractivity contribution in [2.45, 2.75) is 0 Å². The van der Waals surface area contributed by atoms with E-state index in [1.54, 1.807) is 48.5 Å². The van der Waals surface area contributed by atoms with Crippen LogP contribution in [0.25, 0.3) is 22.8 Å². The van der Waals surface area contributed by atoms with Crippen molar-refractivity contribution in [1.82, 2.24) is 19.9 Å². The van der Waals surface area contributed by atoms with Crippen LogP contribution in [0.3, 0.4) is 0 Å². The number of aromatic nitrogens is 4. The van der Waals surface area contributed by atoms with E-state index in [2.05, 4.69) is 30.6 Å². The van der Waals surface area contributed by atoms with Crippen LogP contribution in [0.15, 0.2) is 60.7 Å². The summed E-state index contributed by atoms with van der Waals surface area (Å²) in [7, 11) is 0. The van der Waals surface area contributed by atoms with E-state index in [0.29, 0.717) is 11.1 Å². The summed E-state index contributed by atoms with van der Waals surface area (Å²) in [6.45, 7) is 0. The number of halogens is 4. The predicted octanol–water partition coefficient (Wildman–Crippen LogP) is 5.79. The van der Waals surface area contributed by atoms with Gasteiger partial charge in [0.05, 0.1) is 0 Å². The van der Waals surface area contributed by atoms with E-state index in [9.17, 15) is 9.59 Å². The molecule has 2 heterocycles. The number of hydrogen-bond donors (Lipinski definition) is 2. The first kappa shape index (κ1) is 23.8. The summed E-state index contributed by atoms with van der Waals surface area (Å²) in [5, 5.41) is 3.99. The summed E-state index contributed by atoms with van der Waals surface area (Å²) in [5.74, 6) is -1.71. The number of anilines is 2. The lowest BCUT2D eigenvalue weighted by atomic mass is 10.2. The fourth-order valence-electron chi connectivity index (χ4n) is 2.80. The van der Waals surface area contributed by atoms with Crippen LogP contribution in [0.5, 0.6) is 0 Å². The normalized spacial score (nSPS) is 10.6. The molecule has 8 nitrogen and oxygen atoms in total. The van der Waals surface area contributed by atoms with Crippen molar-refractivity contribution in [3.63, 3.8) is 0 Å². The molecule has 0 aliphatic heterocycles. The maximum absolute atomic E-state index is 12.5. The Kier molecular flexibility index (Phi) is 7.23. The minimum Gasteiger partial charge on any atom is -0.313 e. The molecule has 2 aromatic carbocycles. The summed E-state index contributed by atoms with van der Waals surface area (Å²) in [5.41, 5.74) is 1.09. The maximum Gasteiger partial charge on any atom is 0.314 e. The number of carbonyl (C=O) groups is 2. The molecule has 0 aliphatic rings. The quantitative estimate of drug-likeness (QED) is 0.254. The lowest BCUT2D eigenvalue weighted by Crippen LogP contribution is -2.30. The highest BCUT2D eigenvalue weighted by Crippen LogP contribution is 2.32. The third kappa shape index (κ3) is 5.26. The van der Waals surface area contributed by atoms with Crippen molar-refractivity contribution in [3.05, 3.63) is 81.3 Å². The highest BCUT2D eigenvalue weighted by Gasteiger charge is 2.23. The molecule has 4 rings (SSSR count). The van der Waals surface area contributed by atoms with Gasteiger partial charge in [-0.2, -0.15) is 0 Å². The molecule has 0 fully saturated rings. The third-order valence-electron chi connectivity index (χ3n) is 4.39. The van der Waals surface area contributed by atoms with E-state index in [1.165, 1.54) is 0 Å². The number of amides is 2. The molecule has 170 valence electrons. The molecule has 0 bridgehead atoms. The molecule has 2 N–H and O–H groups in total. The fourth-order valence-corrected chi connectivity index (χ4v) is 3.76. The van der Waals surface area contributed by atoms with Crippen molar-refractivity contribution in [2.75, 3.05) is 10.6 Å². The number of benzene rings is 2. The molecule has 0 radical (unpaired) electrons. The zero-order valence-corrected chi connectivity index (χ0v) is 19.9. The zero-order chi connectivity index (χ0) is 24.2. The smallest absolute Gasteiger partial charge is 0.313 e. The molecular weight excluding hydrogens is 522 g/mol. The van der Waals surface area contributed by atoms with E-state index < -0.39 is 11.8 Å². The Morgan fingerprint density at radius 2 is 0.824 bits per heavy atom. The van der Waals surface area contributed by atoms with E-state index in [-0.39, 0.29) is 43.6 Å². The van der Waals surface area contributed by atoms with Gasteiger partial charge in [-0.1, -0.05) is 107 Å². The Balaban J connectivity index is 1.51. The summed E-state index contributed by atoms with van der Waals surface area (Å²) in [6, 6.07) is 17.9. The summed E-state index contributed by atoms with van der Waals surface area (Å²) in [6.07, 6.45) is 0. The minimum atomic E-state index is -1.11. The van der Waals surface area contributed by atoms with Gasteiger partial charge in [0.2, 0.25) is 0 Å². The van der Waals surface area contributed by atoms with Crippen molar-refractivity contribution in [3.8, 4) is 22.8 Å². The molecule has 2 amide bonds. The number of rotatable bonds is 4. The first-order valence-corrected chi connectivity index (χ1v) is 11.0. The second-order valence-corrected chi connectivity index (χ2v) is 8.08. The van der Waals surface area contributed by atoms with Crippen molar-refractivity contribution in [2.24, 2.45) is 0 Å². The molecule has 0 atom stereocenters. The molecule has 0 unspecified atom stereocenters. The summed E-state index contributed by atoms with van der Waals surface area (Å²) in [4.78, 5) is 41.4. The largest absolute Gasteiger partial charge is 0.314 e. The summed E-state index contributed by atoms with van der Waals surface area (Å²) >= 11 is 24.7. The zero-order valence-electron chi connectivity index (χ0n) is 16.9. The predicted molar refractivity (Wildman–Crippen MR) is 132 cm³/mol. The first-order valence-electron chi connectivity index (χ1n) is 9.52. The van der Waals surface area contributed by atoms with Gasteiger partial charge in [-0.15, -0.1) is 0 Å². The molecule has 0 spiro atoms. The molecule has 0 saturated heterocycles. The van der Waals surface area contributed by atoms with Gasteiger partial charge in [0.1, 0.15) is 11.4 Å². The molecule has 34 heavy (non-hydrogen) atoms. The third-order valence-corrected chi connectivity index (χ3v) is 5.48. The topological polar surface area (TPSA) is 110 Å². The van der Waals surface area contributed by atoms with E-state index in [0.717, 1.165) is 0 Å². The highest BCUT2D eigenvalue weighted by atomic mass is 35.5. The van der Waals surface area contributed by atoms with Gasteiger partial charge in [0.15, 0.2) is 32.3 Å². The number of carbonyl (C=O) groups excluding carboxylic acids is 2. The monoisotopic (exact) mass is 532 g/mol. The van der Waals surface area contributed by atoms with Gasteiger partial charge in [0, 0.05) is 11.1 Å². The van der Waals surface area contributed by atoms with Crippen LogP contribution in [0, 0.1) is 0 Å². The van der Waals surface area contributed by atoms with Gasteiger partial charge >= 0.3 is 11.8 Å². The van der Waals surface area contributed by atoms with Crippen LogP contribution in [0.4, 0.5) is 11.4 Å². The second kappa shape index (κ2) is 10.3. The standard InChI is InChI=1S/C22H12Cl4N6O2/c23-15-13(16(24)30-19(29-15)11-7-3-1-4-8-11)27-21(33)22(34)28-14-17(25)31-20(32-18(14)26)12-9-5-2-6-10-12/h1-10H,(H,27,33)(H,28,34). The highest BCUT2D eigenvalue weighted by molar-refractivity contribution is 6.48. The second-order valence-electron chi connectivity index (χ2n) is 6.65. The van der Waals surface area contributed by atoms with Gasteiger partial charge < -0.3 is 10.6 Å². The van der Waals surface area contributed by atoms with Crippen LogP contribution in [-0.2, 0) is 9.59 Å². The maximum atomic E-state index is 12.5. The van der Waals surface area contributed by atoms with Crippen molar-refractivity contribution < 1.29 is 9.59 Å². The van der Waals surface area contributed by atoms with E-state index in [1.807, 2.05) is 12.1 Å². The number of nitrogens with one attached hydrogen (secondary N) is 2. The Labute approximate surface area is 213 Å². The molecule has 0 saturated carbocycles. The van der Waals surface area contributed by atoms with Gasteiger partial charge in [-0.05, 0) is 0 Å². The summed E-state index contributed by atoms with van der Waals surface area (Å²) < 4.78 is 0. The van der Waals surface area contributed by atoms with Crippen LogP contribution >= 0.6 is 46.4 Å². The van der Waals surface area contributed by atoms with Crippen LogP contribution < -0.4 is 10.6 Å². The van der Waals surface area contributed by atoms with Gasteiger partial charge in [-0.25, -0.2) is 19.9 Å². The SMILES string of the molecule is O=C(Nc1c(Cl)nc(-c2ccccc2)nc1Cl)C(=O)Nc1c(Cl)nc(-c2ccccc2)nc1Cl. The fraction of sp³-hybridized carbons (Fsp3) is 0. The Morgan fingerprint density at radius 3 is 1.12 bits per heavy atom. The molecule has 12 heteroatoms. The Hall–Kier alpha value is -3.30. The van der Waals surface area contributed by atoms with E-state index in [4.69, 9.17) is 46.4 Å². The lowest BCUT2D eigenvalue weighted by molar-refractivity contribution is -0.133. The lowest BCUT2D eigenvalue weighted by Gasteiger charge is -2.12. The number of hydrogen-bond acceptors (Lipinski definition) is 6. The Morgan fingerprint density at radius 1 is 0.529 bits per heavy atom. The molecular formula is C22H12Cl4N6O2. The van der Waals surface area contributed by atoms with Crippen LogP contribution in [0.1, 0.15) is 0 Å². The average molecular weight is 534 g/mol.